The van der Waals surface area contributed by atoms with Crippen molar-refractivity contribution in [1.82, 2.24) is 0 Å². The van der Waals surface area contributed by atoms with Crippen molar-refractivity contribution < 1.29 is 9.47 Å². The summed E-state index contributed by atoms with van der Waals surface area (Å²) in [6.45, 7) is 0. The Balaban J connectivity index is 2.52. The van der Waals surface area contributed by atoms with E-state index in [1.807, 2.05) is 0 Å². The third-order valence-electron chi connectivity index (χ3n) is 2.75. The number of ether oxygens (including phenoxy) is 2. The average Bonchev–Trinajstić information content (AvgIpc) is 2.76. The van der Waals surface area contributed by atoms with Gasteiger partial charge in [-0.2, -0.15) is 0 Å². The van der Waals surface area contributed by atoms with E-state index in [0.717, 1.165) is 5.56 Å². The minimum atomic E-state index is -0.510. The summed E-state index contributed by atoms with van der Waals surface area (Å²) in [5.74, 6) is 0.981. The summed E-state index contributed by atoms with van der Waals surface area (Å²) in [4.78, 5) is 0. The number of hydrogen-bond acceptors (Lipinski definition) is 3. The fourth-order valence-electron chi connectivity index (χ4n) is 1.81. The molecule has 0 aliphatic heterocycles. The van der Waals surface area contributed by atoms with E-state index in [1.54, 1.807) is 18.2 Å². The SMILES string of the molecule is COc1ccc(C(Cl)c2cc(Cl)sc2Cl)c(OC)c1Cl. The van der Waals surface area contributed by atoms with Gasteiger partial charge >= 0.3 is 0 Å². The van der Waals surface area contributed by atoms with E-state index in [4.69, 9.17) is 55.9 Å². The normalized spacial score (nSPS) is 12.3. The van der Waals surface area contributed by atoms with E-state index >= 15 is 0 Å². The zero-order chi connectivity index (χ0) is 14.9. The summed E-state index contributed by atoms with van der Waals surface area (Å²) in [6, 6.07) is 5.27. The lowest BCUT2D eigenvalue weighted by atomic mass is 10.1. The molecule has 0 saturated carbocycles. The van der Waals surface area contributed by atoms with Crippen LogP contribution in [0.3, 0.4) is 0 Å². The maximum absolute atomic E-state index is 6.49. The summed E-state index contributed by atoms with van der Waals surface area (Å²) >= 11 is 26.1. The van der Waals surface area contributed by atoms with Gasteiger partial charge in [0.2, 0.25) is 0 Å². The molecule has 0 saturated heterocycles. The summed E-state index contributed by atoms with van der Waals surface area (Å²) in [6.07, 6.45) is 0. The highest BCUT2D eigenvalue weighted by Gasteiger charge is 2.23. The maximum atomic E-state index is 6.49. The quantitative estimate of drug-likeness (QED) is 0.608. The molecule has 2 nitrogen and oxygen atoms in total. The van der Waals surface area contributed by atoms with Crippen LogP contribution in [0, 0.1) is 0 Å². The third kappa shape index (κ3) is 2.97. The second kappa shape index (κ2) is 6.63. The minimum Gasteiger partial charge on any atom is -0.495 e. The van der Waals surface area contributed by atoms with E-state index in [2.05, 4.69) is 0 Å². The van der Waals surface area contributed by atoms with Crippen LogP contribution in [-0.2, 0) is 0 Å². The third-order valence-corrected chi connectivity index (χ3v) is 5.09. The molecule has 0 bridgehead atoms. The Morgan fingerprint density at radius 3 is 2.25 bits per heavy atom. The van der Waals surface area contributed by atoms with Crippen LogP contribution in [0.4, 0.5) is 0 Å². The first-order valence-corrected chi connectivity index (χ1v) is 7.87. The molecule has 0 radical (unpaired) electrons. The Bertz CT molecular complexity index is 627. The molecule has 108 valence electrons. The van der Waals surface area contributed by atoms with Crippen molar-refractivity contribution in [1.29, 1.82) is 0 Å². The van der Waals surface area contributed by atoms with E-state index in [0.29, 0.717) is 30.8 Å². The van der Waals surface area contributed by atoms with Crippen molar-refractivity contribution in [2.75, 3.05) is 14.2 Å². The molecule has 0 aliphatic rings. The highest BCUT2D eigenvalue weighted by atomic mass is 35.5. The van der Waals surface area contributed by atoms with Gasteiger partial charge in [-0.1, -0.05) is 34.8 Å². The summed E-state index contributed by atoms with van der Waals surface area (Å²) < 4.78 is 11.6. The lowest BCUT2D eigenvalue weighted by Gasteiger charge is -2.16. The molecule has 7 heteroatoms. The first-order chi connectivity index (χ1) is 9.49. The summed E-state index contributed by atoms with van der Waals surface area (Å²) in [7, 11) is 3.06. The Kier molecular flexibility index (Phi) is 5.32. The summed E-state index contributed by atoms with van der Waals surface area (Å²) in [5, 5.41) is -0.139. The van der Waals surface area contributed by atoms with Gasteiger partial charge in [-0.25, -0.2) is 0 Å². The molecule has 0 aliphatic carbocycles. The first-order valence-electron chi connectivity index (χ1n) is 5.48. The lowest BCUT2D eigenvalue weighted by molar-refractivity contribution is 0.392. The van der Waals surface area contributed by atoms with Gasteiger partial charge in [-0.05, 0) is 18.2 Å². The number of hydrogen-bond donors (Lipinski definition) is 0. The summed E-state index contributed by atoms with van der Waals surface area (Å²) in [5.41, 5.74) is 1.43. The second-order valence-corrected chi connectivity index (χ2v) is 6.95. The molecule has 0 amide bonds. The standard InChI is InChI=1S/C13H10Cl4O2S/c1-18-8-4-3-6(12(19-2)11(8)16)10(15)7-5-9(14)20-13(7)17/h3-5,10H,1-2H3. The average molecular weight is 372 g/mol. The van der Waals surface area contributed by atoms with Gasteiger partial charge in [0.15, 0.2) is 0 Å². The smallest absolute Gasteiger partial charge is 0.146 e. The van der Waals surface area contributed by atoms with E-state index < -0.39 is 5.38 Å². The second-order valence-electron chi connectivity index (χ2n) is 3.85. The monoisotopic (exact) mass is 370 g/mol. The predicted molar refractivity (Wildman–Crippen MR) is 86.6 cm³/mol. The molecule has 1 aromatic carbocycles. The van der Waals surface area contributed by atoms with Crippen LogP contribution in [0.25, 0.3) is 0 Å². The van der Waals surface area contributed by atoms with Gasteiger partial charge in [-0.15, -0.1) is 22.9 Å². The van der Waals surface area contributed by atoms with Gasteiger partial charge in [-0.3, -0.25) is 0 Å². The predicted octanol–water partition coefficient (Wildman–Crippen LogP) is 6.05. The van der Waals surface area contributed by atoms with Crippen LogP contribution < -0.4 is 9.47 Å². The fourth-order valence-corrected chi connectivity index (χ4v) is 4.13. The first kappa shape index (κ1) is 16.1. The van der Waals surface area contributed by atoms with Crippen LogP contribution in [0.2, 0.25) is 13.7 Å². The number of benzene rings is 1. The van der Waals surface area contributed by atoms with E-state index in [-0.39, 0.29) is 0 Å². The molecular weight excluding hydrogens is 362 g/mol. The zero-order valence-electron chi connectivity index (χ0n) is 10.5. The Morgan fingerprint density at radius 1 is 1.05 bits per heavy atom. The number of methoxy groups -OCH3 is 2. The highest BCUT2D eigenvalue weighted by Crippen LogP contribution is 2.46. The van der Waals surface area contributed by atoms with Gasteiger partial charge in [0.05, 0.1) is 28.3 Å². The van der Waals surface area contributed by atoms with Crippen molar-refractivity contribution >= 4 is 57.7 Å². The van der Waals surface area contributed by atoms with Crippen LogP contribution in [0.15, 0.2) is 18.2 Å². The number of thiophene rings is 1. The Hall–Kier alpha value is -0.320. The molecule has 20 heavy (non-hydrogen) atoms. The minimum absolute atomic E-state index is 0.371. The van der Waals surface area contributed by atoms with Gasteiger partial charge < -0.3 is 9.47 Å². The van der Waals surface area contributed by atoms with Crippen molar-refractivity contribution in [3.8, 4) is 11.5 Å². The molecule has 1 aromatic heterocycles. The lowest BCUT2D eigenvalue weighted by Crippen LogP contribution is -1.99. The highest BCUT2D eigenvalue weighted by molar-refractivity contribution is 7.20. The van der Waals surface area contributed by atoms with Crippen molar-refractivity contribution in [2.45, 2.75) is 5.38 Å². The molecule has 1 unspecified atom stereocenters. The van der Waals surface area contributed by atoms with Gasteiger partial charge in [0, 0.05) is 11.1 Å². The van der Waals surface area contributed by atoms with E-state index in [1.165, 1.54) is 25.6 Å². The van der Waals surface area contributed by atoms with Crippen LogP contribution in [0.1, 0.15) is 16.5 Å². The van der Waals surface area contributed by atoms with Crippen molar-refractivity contribution in [2.24, 2.45) is 0 Å². The number of rotatable bonds is 4. The topological polar surface area (TPSA) is 18.5 Å². The zero-order valence-corrected chi connectivity index (χ0v) is 14.4. The molecule has 2 rings (SSSR count). The molecule has 1 heterocycles. The van der Waals surface area contributed by atoms with Crippen LogP contribution >= 0.6 is 57.7 Å². The Labute approximate surface area is 141 Å². The molecule has 1 atom stereocenters. The van der Waals surface area contributed by atoms with Crippen LogP contribution in [0.5, 0.6) is 11.5 Å². The maximum Gasteiger partial charge on any atom is 0.146 e. The number of alkyl halides is 1. The molecule has 2 aromatic rings. The number of halogens is 4. The largest absolute Gasteiger partial charge is 0.495 e. The molecular formula is C13H10Cl4O2S. The fraction of sp³-hybridized carbons (Fsp3) is 0.231. The van der Waals surface area contributed by atoms with Gasteiger partial charge in [0.25, 0.3) is 0 Å². The Morgan fingerprint density at radius 2 is 1.75 bits per heavy atom. The molecule has 0 spiro atoms. The van der Waals surface area contributed by atoms with Gasteiger partial charge in [0.1, 0.15) is 16.5 Å². The van der Waals surface area contributed by atoms with Crippen LogP contribution in [-0.4, -0.2) is 14.2 Å². The van der Waals surface area contributed by atoms with Crippen molar-refractivity contribution in [3.63, 3.8) is 0 Å². The molecule has 0 fully saturated rings. The van der Waals surface area contributed by atoms with Crippen molar-refractivity contribution in [3.05, 3.63) is 43.0 Å². The van der Waals surface area contributed by atoms with E-state index in [9.17, 15) is 0 Å². The molecule has 0 N–H and O–H groups in total.